The Bertz CT molecular complexity index is 1280. The number of amides is 3. The van der Waals surface area contributed by atoms with E-state index in [4.69, 9.17) is 5.11 Å². The molecule has 2 aromatic heterocycles. The zero-order valence-corrected chi connectivity index (χ0v) is 19.7. The van der Waals surface area contributed by atoms with Crippen LogP contribution in [0.4, 0.5) is 9.18 Å². The highest BCUT2D eigenvalue weighted by Crippen LogP contribution is 2.32. The van der Waals surface area contributed by atoms with E-state index >= 15 is 0 Å². The van der Waals surface area contributed by atoms with E-state index in [1.807, 2.05) is 6.92 Å². The highest BCUT2D eigenvalue weighted by molar-refractivity contribution is 5.96. The van der Waals surface area contributed by atoms with Crippen molar-refractivity contribution in [3.8, 4) is 0 Å². The average Bonchev–Trinajstić information content (AvgIpc) is 3.47. The van der Waals surface area contributed by atoms with E-state index in [-0.39, 0.29) is 47.9 Å². The second kappa shape index (κ2) is 9.48. The number of nitrogens with one attached hydrogen (secondary N) is 3. The maximum Gasteiger partial charge on any atom is 0.404 e. The van der Waals surface area contributed by atoms with Crippen molar-refractivity contribution >= 4 is 17.9 Å². The summed E-state index contributed by atoms with van der Waals surface area (Å²) in [5.74, 6) is -0.930. The molecular formula is C25H27FN6O4. The molecule has 3 heterocycles. The number of H-pyrrole nitrogens is 1. The molecule has 188 valence electrons. The van der Waals surface area contributed by atoms with Crippen LogP contribution in [0.2, 0.25) is 0 Å². The maximum atomic E-state index is 13.4. The molecule has 0 saturated heterocycles. The highest BCUT2D eigenvalue weighted by atomic mass is 19.1. The van der Waals surface area contributed by atoms with E-state index in [1.54, 1.807) is 40.0 Å². The number of rotatable bonds is 6. The van der Waals surface area contributed by atoms with Gasteiger partial charge in [0.15, 0.2) is 5.69 Å². The van der Waals surface area contributed by atoms with Crippen LogP contribution in [0.5, 0.6) is 0 Å². The van der Waals surface area contributed by atoms with Crippen molar-refractivity contribution < 1.29 is 23.9 Å². The van der Waals surface area contributed by atoms with Crippen LogP contribution in [0, 0.1) is 5.82 Å². The lowest BCUT2D eigenvalue weighted by Gasteiger charge is -2.35. The van der Waals surface area contributed by atoms with Gasteiger partial charge in [-0.1, -0.05) is 19.1 Å². The molecule has 5 rings (SSSR count). The van der Waals surface area contributed by atoms with Gasteiger partial charge in [-0.2, -0.15) is 5.10 Å². The number of aromatic amines is 1. The monoisotopic (exact) mass is 494 g/mol. The van der Waals surface area contributed by atoms with E-state index in [0.717, 1.165) is 11.3 Å². The Balaban J connectivity index is 1.42. The molecule has 3 amide bonds. The molecule has 1 fully saturated rings. The molecule has 1 unspecified atom stereocenters. The molecule has 1 aliphatic heterocycles. The summed E-state index contributed by atoms with van der Waals surface area (Å²) in [4.78, 5) is 41.8. The summed E-state index contributed by atoms with van der Waals surface area (Å²) in [7, 11) is 0. The Hall–Kier alpha value is -4.15. The number of hydrogen-bond acceptors (Lipinski definition) is 4. The van der Waals surface area contributed by atoms with Crippen molar-refractivity contribution in [1.29, 1.82) is 0 Å². The third-order valence-electron chi connectivity index (χ3n) is 6.78. The van der Waals surface area contributed by atoms with Crippen LogP contribution in [0.3, 0.4) is 0 Å². The summed E-state index contributed by atoms with van der Waals surface area (Å²) >= 11 is 0. The molecule has 0 bridgehead atoms. The summed E-state index contributed by atoms with van der Waals surface area (Å²) in [6.45, 7) is 3.05. The van der Waals surface area contributed by atoms with Crippen molar-refractivity contribution in [3.63, 3.8) is 0 Å². The van der Waals surface area contributed by atoms with Crippen molar-refractivity contribution in [2.45, 2.75) is 50.9 Å². The molecule has 1 aliphatic carbocycles. The summed E-state index contributed by atoms with van der Waals surface area (Å²) in [5, 5.41) is 18.9. The van der Waals surface area contributed by atoms with Crippen molar-refractivity contribution in [2.24, 2.45) is 0 Å². The molecule has 0 radical (unpaired) electrons. The van der Waals surface area contributed by atoms with Crippen LogP contribution in [0.15, 0.2) is 42.6 Å². The number of aromatic nitrogens is 3. The van der Waals surface area contributed by atoms with E-state index in [9.17, 15) is 18.8 Å². The fraction of sp³-hybridized carbons (Fsp3) is 0.360. The van der Waals surface area contributed by atoms with Gasteiger partial charge in [-0.25, -0.2) is 9.18 Å². The lowest BCUT2D eigenvalue weighted by atomic mass is 9.86. The SMILES string of the molecule is CC1CN(C(=O)c2ccc[nH]2)Cc2c(C(=O)NC3CC(NC(=O)O)C3)nn(Cc3ccc(F)cc3)c21. The molecule has 1 atom stereocenters. The zero-order chi connectivity index (χ0) is 25.4. The van der Waals surface area contributed by atoms with Crippen LogP contribution in [0.25, 0.3) is 0 Å². The molecule has 3 aromatic rings. The standard InChI is InChI=1S/C25H27FN6O4/c1-14-11-31(24(34)20-3-2-8-27-20)13-19-21(23(33)28-17-9-18(10-17)29-25(35)36)30-32(22(14)19)12-15-4-6-16(26)7-5-15/h2-8,14,17-18,27,29H,9-13H2,1H3,(H,28,33)(H,35,36). The second-order valence-electron chi connectivity index (χ2n) is 9.46. The molecule has 1 saturated carbocycles. The van der Waals surface area contributed by atoms with E-state index in [2.05, 4.69) is 20.7 Å². The lowest BCUT2D eigenvalue weighted by Crippen LogP contribution is -2.53. The van der Waals surface area contributed by atoms with Crippen LogP contribution < -0.4 is 10.6 Å². The number of hydrogen-bond donors (Lipinski definition) is 4. The quantitative estimate of drug-likeness (QED) is 0.418. The normalized spacial score (nSPS) is 20.8. The minimum Gasteiger partial charge on any atom is -0.465 e. The number of fused-ring (bicyclic) bond motifs is 1. The zero-order valence-electron chi connectivity index (χ0n) is 19.7. The fourth-order valence-corrected chi connectivity index (χ4v) is 5.03. The van der Waals surface area contributed by atoms with Crippen molar-refractivity contribution in [1.82, 2.24) is 30.3 Å². The molecular weight excluding hydrogens is 467 g/mol. The van der Waals surface area contributed by atoms with Gasteiger partial charge in [0, 0.05) is 42.0 Å². The Morgan fingerprint density at radius 2 is 1.86 bits per heavy atom. The molecule has 10 nitrogen and oxygen atoms in total. The van der Waals surface area contributed by atoms with Gasteiger partial charge in [-0.3, -0.25) is 14.3 Å². The summed E-state index contributed by atoms with van der Waals surface area (Å²) < 4.78 is 15.2. The first kappa shape index (κ1) is 23.6. The number of carbonyl (C=O) groups is 3. The van der Waals surface area contributed by atoms with Crippen molar-refractivity contribution in [2.75, 3.05) is 6.54 Å². The summed E-state index contributed by atoms with van der Waals surface area (Å²) in [5.41, 5.74) is 3.12. The molecule has 11 heteroatoms. The van der Waals surface area contributed by atoms with Gasteiger partial charge in [0.05, 0.1) is 13.1 Å². The minimum absolute atomic E-state index is 0.0880. The Labute approximate surface area is 206 Å². The van der Waals surface area contributed by atoms with Gasteiger partial charge in [-0.15, -0.1) is 0 Å². The number of nitrogens with zero attached hydrogens (tertiary/aromatic N) is 3. The minimum atomic E-state index is -1.08. The Kier molecular flexibility index (Phi) is 6.21. The van der Waals surface area contributed by atoms with Crippen LogP contribution in [-0.2, 0) is 13.1 Å². The van der Waals surface area contributed by atoms with E-state index in [1.165, 1.54) is 12.1 Å². The van der Waals surface area contributed by atoms with Crippen molar-refractivity contribution in [3.05, 3.63) is 76.6 Å². The van der Waals surface area contributed by atoms with Gasteiger partial charge in [0.2, 0.25) is 0 Å². The number of carbonyl (C=O) groups excluding carboxylic acids is 2. The molecule has 1 aromatic carbocycles. The highest BCUT2D eigenvalue weighted by Gasteiger charge is 2.37. The largest absolute Gasteiger partial charge is 0.465 e. The van der Waals surface area contributed by atoms with Gasteiger partial charge in [0.1, 0.15) is 11.5 Å². The topological polar surface area (TPSA) is 132 Å². The van der Waals surface area contributed by atoms with Crippen LogP contribution in [0.1, 0.15) is 63.5 Å². The predicted molar refractivity (Wildman–Crippen MR) is 127 cm³/mol. The molecule has 4 N–H and O–H groups in total. The third kappa shape index (κ3) is 4.68. The van der Waals surface area contributed by atoms with Crippen LogP contribution >= 0.6 is 0 Å². The van der Waals surface area contributed by atoms with Gasteiger partial charge >= 0.3 is 6.09 Å². The first-order valence-electron chi connectivity index (χ1n) is 11.9. The van der Waals surface area contributed by atoms with E-state index < -0.39 is 6.09 Å². The van der Waals surface area contributed by atoms with Gasteiger partial charge in [-0.05, 0) is 42.7 Å². The number of halogens is 1. The Morgan fingerprint density at radius 3 is 2.53 bits per heavy atom. The molecule has 0 spiro atoms. The third-order valence-corrected chi connectivity index (χ3v) is 6.78. The number of benzene rings is 1. The maximum absolute atomic E-state index is 13.4. The van der Waals surface area contributed by atoms with Crippen LogP contribution in [-0.4, -0.2) is 61.3 Å². The predicted octanol–water partition coefficient (Wildman–Crippen LogP) is 2.69. The first-order valence-corrected chi connectivity index (χ1v) is 11.9. The second-order valence-corrected chi connectivity index (χ2v) is 9.46. The molecule has 36 heavy (non-hydrogen) atoms. The molecule has 2 aliphatic rings. The number of carboxylic acid groups (broad SMARTS) is 1. The summed E-state index contributed by atoms with van der Waals surface area (Å²) in [6, 6.07) is 9.26. The fourth-order valence-electron chi connectivity index (χ4n) is 5.03. The summed E-state index contributed by atoms with van der Waals surface area (Å²) in [6.07, 6.45) is 1.62. The smallest absolute Gasteiger partial charge is 0.404 e. The van der Waals surface area contributed by atoms with Gasteiger partial charge < -0.3 is 25.6 Å². The van der Waals surface area contributed by atoms with E-state index in [0.29, 0.717) is 37.2 Å². The first-order chi connectivity index (χ1) is 17.3. The average molecular weight is 495 g/mol. The lowest BCUT2D eigenvalue weighted by molar-refractivity contribution is 0.0709. The van der Waals surface area contributed by atoms with Gasteiger partial charge in [0.25, 0.3) is 11.8 Å². The Morgan fingerprint density at radius 1 is 1.14 bits per heavy atom.